The van der Waals surface area contributed by atoms with E-state index < -0.39 is 0 Å². The Morgan fingerprint density at radius 2 is 1.48 bits per heavy atom. The number of nitrogens with zero attached hydrogens (tertiary/aromatic N) is 2. The van der Waals surface area contributed by atoms with E-state index in [1.807, 2.05) is 13.8 Å². The first kappa shape index (κ1) is 15.5. The van der Waals surface area contributed by atoms with Crippen LogP contribution in [0, 0.1) is 34.6 Å². The summed E-state index contributed by atoms with van der Waals surface area (Å²) in [6, 6.07) is 4.45. The molecular weight excluding hydrogens is 258 g/mol. The Morgan fingerprint density at radius 1 is 0.857 bits per heavy atom. The molecule has 0 aliphatic heterocycles. The van der Waals surface area contributed by atoms with Crippen LogP contribution in [0.5, 0.6) is 0 Å². The zero-order valence-corrected chi connectivity index (χ0v) is 14.0. The Kier molecular flexibility index (Phi) is 4.61. The van der Waals surface area contributed by atoms with Crippen LogP contribution in [0.25, 0.3) is 11.3 Å². The third kappa shape index (κ3) is 3.23. The number of hydrogen-bond donors (Lipinski definition) is 1. The van der Waals surface area contributed by atoms with E-state index in [1.54, 1.807) is 0 Å². The van der Waals surface area contributed by atoms with Crippen LogP contribution in [0.2, 0.25) is 0 Å². The lowest BCUT2D eigenvalue weighted by Gasteiger charge is -2.15. The molecular formula is C18H25N3. The van der Waals surface area contributed by atoms with Crippen molar-refractivity contribution in [3.05, 3.63) is 40.2 Å². The van der Waals surface area contributed by atoms with Crippen molar-refractivity contribution in [1.29, 1.82) is 0 Å². The highest BCUT2D eigenvalue weighted by Gasteiger charge is 2.14. The highest BCUT2D eigenvalue weighted by molar-refractivity contribution is 5.75. The van der Waals surface area contributed by atoms with Gasteiger partial charge in [0.1, 0.15) is 5.69 Å². The molecule has 0 fully saturated rings. The van der Waals surface area contributed by atoms with E-state index in [4.69, 9.17) is 9.97 Å². The molecule has 0 aliphatic rings. The van der Waals surface area contributed by atoms with Crippen molar-refractivity contribution in [2.45, 2.75) is 48.0 Å². The van der Waals surface area contributed by atoms with E-state index in [0.29, 0.717) is 0 Å². The minimum absolute atomic E-state index is 0.895. The molecule has 0 atom stereocenters. The van der Waals surface area contributed by atoms with Gasteiger partial charge >= 0.3 is 0 Å². The maximum absolute atomic E-state index is 4.80. The van der Waals surface area contributed by atoms with Crippen LogP contribution < -0.4 is 5.32 Å². The van der Waals surface area contributed by atoms with Gasteiger partial charge in [-0.2, -0.15) is 0 Å². The molecule has 1 heterocycles. The first-order chi connectivity index (χ1) is 9.93. The standard InChI is InChI=1S/C18H25N3/c1-7-8-19-18-17(20-14(5)15(6)21-18)16-10-12(3)11(2)9-13(16)4/h9-10H,7-8H2,1-6H3,(H,19,21). The van der Waals surface area contributed by atoms with E-state index in [1.165, 1.54) is 22.3 Å². The summed E-state index contributed by atoms with van der Waals surface area (Å²) in [5.74, 6) is 0.895. The zero-order valence-electron chi connectivity index (χ0n) is 14.0. The van der Waals surface area contributed by atoms with E-state index in [9.17, 15) is 0 Å². The Balaban J connectivity index is 2.61. The fourth-order valence-corrected chi connectivity index (χ4v) is 2.37. The third-order valence-electron chi connectivity index (χ3n) is 3.95. The quantitative estimate of drug-likeness (QED) is 0.897. The number of hydrogen-bond acceptors (Lipinski definition) is 3. The van der Waals surface area contributed by atoms with Gasteiger partial charge in [0.15, 0.2) is 5.82 Å². The van der Waals surface area contributed by atoms with Gasteiger partial charge in [-0.1, -0.05) is 13.0 Å². The monoisotopic (exact) mass is 283 g/mol. The Hall–Kier alpha value is -1.90. The molecule has 0 saturated carbocycles. The molecule has 0 amide bonds. The first-order valence-corrected chi connectivity index (χ1v) is 7.61. The summed E-state index contributed by atoms with van der Waals surface area (Å²) in [5, 5.41) is 3.42. The highest BCUT2D eigenvalue weighted by atomic mass is 15.0. The average molecular weight is 283 g/mol. The minimum atomic E-state index is 0.895. The van der Waals surface area contributed by atoms with Crippen molar-refractivity contribution in [1.82, 2.24) is 9.97 Å². The van der Waals surface area contributed by atoms with Crippen LogP contribution in [-0.4, -0.2) is 16.5 Å². The number of anilines is 1. The number of benzene rings is 1. The smallest absolute Gasteiger partial charge is 0.152 e. The van der Waals surface area contributed by atoms with E-state index in [2.05, 4.69) is 45.1 Å². The van der Waals surface area contributed by atoms with Crippen molar-refractivity contribution in [3.8, 4) is 11.3 Å². The van der Waals surface area contributed by atoms with Crippen LogP contribution >= 0.6 is 0 Å². The van der Waals surface area contributed by atoms with Gasteiger partial charge < -0.3 is 5.32 Å². The predicted octanol–water partition coefficient (Wildman–Crippen LogP) is 4.51. The molecule has 3 heteroatoms. The van der Waals surface area contributed by atoms with Crippen molar-refractivity contribution >= 4 is 5.82 Å². The second-order valence-corrected chi connectivity index (χ2v) is 5.77. The summed E-state index contributed by atoms with van der Waals surface area (Å²) < 4.78 is 0. The maximum atomic E-state index is 4.80. The number of aryl methyl sites for hydroxylation is 5. The second kappa shape index (κ2) is 6.25. The predicted molar refractivity (Wildman–Crippen MR) is 89.9 cm³/mol. The minimum Gasteiger partial charge on any atom is -0.368 e. The first-order valence-electron chi connectivity index (χ1n) is 7.61. The van der Waals surface area contributed by atoms with E-state index in [0.717, 1.165) is 35.9 Å². The van der Waals surface area contributed by atoms with Crippen LogP contribution in [0.15, 0.2) is 12.1 Å². The van der Waals surface area contributed by atoms with Crippen LogP contribution in [-0.2, 0) is 0 Å². The molecule has 112 valence electrons. The number of rotatable bonds is 4. The fourth-order valence-electron chi connectivity index (χ4n) is 2.37. The molecule has 21 heavy (non-hydrogen) atoms. The third-order valence-corrected chi connectivity index (χ3v) is 3.95. The van der Waals surface area contributed by atoms with Crippen molar-refractivity contribution in [2.75, 3.05) is 11.9 Å². The van der Waals surface area contributed by atoms with E-state index in [-0.39, 0.29) is 0 Å². The molecule has 3 nitrogen and oxygen atoms in total. The molecule has 0 unspecified atom stereocenters. The summed E-state index contributed by atoms with van der Waals surface area (Å²) in [6.45, 7) is 13.5. The van der Waals surface area contributed by atoms with Crippen molar-refractivity contribution in [2.24, 2.45) is 0 Å². The van der Waals surface area contributed by atoms with Gasteiger partial charge in [-0.05, 0) is 63.8 Å². The topological polar surface area (TPSA) is 37.8 Å². The molecule has 2 aromatic rings. The largest absolute Gasteiger partial charge is 0.368 e. The molecule has 0 spiro atoms. The van der Waals surface area contributed by atoms with Gasteiger partial charge in [0, 0.05) is 12.1 Å². The lowest BCUT2D eigenvalue weighted by Crippen LogP contribution is -2.08. The Morgan fingerprint density at radius 3 is 2.14 bits per heavy atom. The molecule has 0 radical (unpaired) electrons. The lowest BCUT2D eigenvalue weighted by molar-refractivity contribution is 0.953. The van der Waals surface area contributed by atoms with Crippen LogP contribution in [0.4, 0.5) is 5.82 Å². The molecule has 0 aliphatic carbocycles. The SMILES string of the molecule is CCCNc1nc(C)c(C)nc1-c1cc(C)c(C)cc1C. The average Bonchev–Trinajstić information content (AvgIpc) is 2.44. The molecule has 2 rings (SSSR count). The molecule has 0 bridgehead atoms. The molecule has 1 N–H and O–H groups in total. The van der Waals surface area contributed by atoms with Crippen molar-refractivity contribution in [3.63, 3.8) is 0 Å². The molecule has 1 aromatic carbocycles. The summed E-state index contributed by atoms with van der Waals surface area (Å²) >= 11 is 0. The molecule has 1 aromatic heterocycles. The highest BCUT2D eigenvalue weighted by Crippen LogP contribution is 2.30. The number of nitrogens with one attached hydrogen (secondary N) is 1. The summed E-state index contributed by atoms with van der Waals surface area (Å²) in [7, 11) is 0. The van der Waals surface area contributed by atoms with Gasteiger partial charge in [0.05, 0.1) is 11.4 Å². The summed E-state index contributed by atoms with van der Waals surface area (Å²) in [5.41, 5.74) is 7.96. The Bertz CT molecular complexity index is 660. The summed E-state index contributed by atoms with van der Waals surface area (Å²) in [6.07, 6.45) is 1.07. The fraction of sp³-hybridized carbons (Fsp3) is 0.444. The summed E-state index contributed by atoms with van der Waals surface area (Å²) in [4.78, 5) is 9.51. The zero-order chi connectivity index (χ0) is 15.6. The van der Waals surface area contributed by atoms with Gasteiger partial charge in [-0.15, -0.1) is 0 Å². The normalized spacial score (nSPS) is 10.8. The Labute approximate surface area is 127 Å². The van der Waals surface area contributed by atoms with Gasteiger partial charge in [-0.3, -0.25) is 0 Å². The van der Waals surface area contributed by atoms with Crippen LogP contribution in [0.1, 0.15) is 41.4 Å². The lowest BCUT2D eigenvalue weighted by atomic mass is 9.98. The van der Waals surface area contributed by atoms with Crippen molar-refractivity contribution < 1.29 is 0 Å². The van der Waals surface area contributed by atoms with Gasteiger partial charge in [0.2, 0.25) is 0 Å². The second-order valence-electron chi connectivity index (χ2n) is 5.77. The number of aromatic nitrogens is 2. The maximum Gasteiger partial charge on any atom is 0.152 e. The van der Waals surface area contributed by atoms with Gasteiger partial charge in [0.25, 0.3) is 0 Å². The van der Waals surface area contributed by atoms with E-state index >= 15 is 0 Å². The molecule has 0 saturated heterocycles. The van der Waals surface area contributed by atoms with Crippen LogP contribution in [0.3, 0.4) is 0 Å². The van der Waals surface area contributed by atoms with Gasteiger partial charge in [-0.25, -0.2) is 9.97 Å².